The number of rotatable bonds is 3. The molecule has 1 spiro atoms. The lowest BCUT2D eigenvalue weighted by Crippen LogP contribution is -2.50. The molecule has 124 valence electrons. The summed E-state index contributed by atoms with van der Waals surface area (Å²) in [6.45, 7) is 0. The van der Waals surface area contributed by atoms with Crippen molar-refractivity contribution in [2.75, 3.05) is 7.11 Å². The zero-order chi connectivity index (χ0) is 17.5. The fourth-order valence-corrected chi connectivity index (χ4v) is 2.36. The minimum atomic E-state index is -2.39. The van der Waals surface area contributed by atoms with Gasteiger partial charge in [-0.25, -0.2) is 0 Å². The van der Waals surface area contributed by atoms with Crippen LogP contribution < -0.4 is 9.47 Å². The van der Waals surface area contributed by atoms with Crippen molar-refractivity contribution in [3.05, 3.63) is 73.2 Å². The second kappa shape index (κ2) is 5.22. The highest BCUT2D eigenvalue weighted by molar-refractivity contribution is 6.02. The highest BCUT2D eigenvalue weighted by Gasteiger charge is 2.65. The number of para-hydroxylation sites is 2. The van der Waals surface area contributed by atoms with Gasteiger partial charge in [0.1, 0.15) is 0 Å². The van der Waals surface area contributed by atoms with E-state index in [9.17, 15) is 25.4 Å². The molecule has 24 heavy (non-hydrogen) atoms. The fourth-order valence-electron chi connectivity index (χ4n) is 2.36. The van der Waals surface area contributed by atoms with Crippen LogP contribution in [0.15, 0.2) is 47.8 Å². The molecular formula is C13H9N3O8. The van der Waals surface area contributed by atoms with Gasteiger partial charge in [0, 0.05) is 12.0 Å². The Morgan fingerprint density at radius 3 is 1.79 bits per heavy atom. The van der Waals surface area contributed by atoms with E-state index in [-0.39, 0.29) is 16.4 Å². The summed E-state index contributed by atoms with van der Waals surface area (Å²) < 4.78 is 10.9. The lowest BCUT2D eigenvalue weighted by molar-refractivity contribution is -0.732. The van der Waals surface area contributed by atoms with Crippen molar-refractivity contribution in [2.45, 2.75) is 5.79 Å². The van der Waals surface area contributed by atoms with Crippen molar-refractivity contribution in [1.82, 2.24) is 0 Å². The minimum absolute atomic E-state index is 0.0953. The molecule has 11 heteroatoms. The Morgan fingerprint density at radius 1 is 0.958 bits per heavy atom. The summed E-state index contributed by atoms with van der Waals surface area (Å²) in [5, 5.41) is 34.5. The van der Waals surface area contributed by atoms with Crippen molar-refractivity contribution < 1.29 is 29.1 Å². The molecule has 0 bridgehead atoms. The summed E-state index contributed by atoms with van der Waals surface area (Å²) in [5.74, 6) is -2.19. The predicted octanol–water partition coefficient (Wildman–Crippen LogP) is 1.00. The summed E-state index contributed by atoms with van der Waals surface area (Å²) in [7, 11) is 1.02. The summed E-state index contributed by atoms with van der Waals surface area (Å²) in [6, 6.07) is 6.06. The molecule has 3 rings (SSSR count). The normalized spacial score (nSPS) is 17.1. The number of benzene rings is 1. The van der Waals surface area contributed by atoms with E-state index in [2.05, 4.69) is 4.84 Å². The quantitative estimate of drug-likeness (QED) is 0.452. The summed E-state index contributed by atoms with van der Waals surface area (Å²) in [5.41, 5.74) is -2.08. The number of hydrogen-bond acceptors (Lipinski definition) is 8. The first-order chi connectivity index (χ1) is 11.4. The van der Waals surface area contributed by atoms with Crippen LogP contribution >= 0.6 is 0 Å². The van der Waals surface area contributed by atoms with E-state index < -0.39 is 32.7 Å². The summed E-state index contributed by atoms with van der Waals surface area (Å²) in [4.78, 5) is 25.4. The molecule has 0 saturated heterocycles. The van der Waals surface area contributed by atoms with Crippen LogP contribution in [0.1, 0.15) is 0 Å². The molecule has 0 aromatic heterocycles. The van der Waals surface area contributed by atoms with Gasteiger partial charge in [0.15, 0.2) is 11.5 Å². The third kappa shape index (κ3) is 2.10. The van der Waals surface area contributed by atoms with E-state index in [0.717, 1.165) is 19.3 Å². The van der Waals surface area contributed by atoms with Crippen LogP contribution in [0, 0.1) is 25.4 Å². The first-order valence-electron chi connectivity index (χ1n) is 6.47. The molecule has 0 atom stereocenters. The zero-order valence-corrected chi connectivity index (χ0v) is 12.1. The van der Waals surface area contributed by atoms with E-state index in [4.69, 9.17) is 9.47 Å². The van der Waals surface area contributed by atoms with Crippen LogP contribution in [0.4, 0.5) is 0 Å². The van der Waals surface area contributed by atoms with Crippen molar-refractivity contribution in [2.24, 2.45) is 0 Å². The summed E-state index contributed by atoms with van der Waals surface area (Å²) >= 11 is 0. The van der Waals surface area contributed by atoms with Gasteiger partial charge in [0.05, 0.1) is 22.0 Å². The maximum absolute atomic E-state index is 11.6. The first kappa shape index (κ1) is 15.3. The number of nitro groups is 2. The summed E-state index contributed by atoms with van der Waals surface area (Å²) in [6.07, 6.45) is 1.60. The molecule has 0 N–H and O–H groups in total. The van der Waals surface area contributed by atoms with Gasteiger partial charge >= 0.3 is 17.2 Å². The molecule has 0 amide bonds. The standard InChI is InChI=1S/C13H9N3O8/c1-22-16(21)8-6-11(14(17)18)13(12(7-8)15(19)20)23-9-4-2-3-5-10(9)24-13/h2-7H,1H3. The molecular weight excluding hydrogens is 326 g/mol. The largest absolute Gasteiger partial charge is 0.439 e. The minimum Gasteiger partial charge on any atom is -0.431 e. The second-order valence-electron chi connectivity index (χ2n) is 4.71. The Hall–Kier alpha value is -3.63. The third-order valence-corrected chi connectivity index (χ3v) is 3.37. The van der Waals surface area contributed by atoms with Crippen LogP contribution in [0.3, 0.4) is 0 Å². The number of nitrogens with zero attached hydrogens (tertiary/aromatic N) is 3. The smallest absolute Gasteiger partial charge is 0.431 e. The monoisotopic (exact) mass is 335 g/mol. The highest BCUT2D eigenvalue weighted by Crippen LogP contribution is 2.46. The van der Waals surface area contributed by atoms with Gasteiger partial charge in [0.2, 0.25) is 0 Å². The Kier molecular flexibility index (Phi) is 3.32. The topological polar surface area (TPSA) is 140 Å². The van der Waals surface area contributed by atoms with Crippen molar-refractivity contribution in [3.63, 3.8) is 0 Å². The lowest BCUT2D eigenvalue weighted by Gasteiger charge is -2.23. The molecule has 0 fully saturated rings. The fraction of sp³-hybridized carbons (Fsp3) is 0.154. The molecule has 1 heterocycles. The average Bonchev–Trinajstić information content (AvgIpc) is 2.92. The van der Waals surface area contributed by atoms with Gasteiger partial charge in [-0.1, -0.05) is 12.1 Å². The van der Waals surface area contributed by atoms with E-state index >= 15 is 0 Å². The number of allylic oxidation sites excluding steroid dienone is 2. The zero-order valence-electron chi connectivity index (χ0n) is 12.1. The molecule has 2 aliphatic rings. The number of hydrogen-bond donors (Lipinski definition) is 0. The third-order valence-electron chi connectivity index (χ3n) is 3.37. The molecule has 0 unspecified atom stereocenters. The lowest BCUT2D eigenvalue weighted by atomic mass is 10.0. The van der Waals surface area contributed by atoms with Crippen molar-refractivity contribution >= 4 is 5.71 Å². The molecule has 1 aliphatic carbocycles. The van der Waals surface area contributed by atoms with Crippen LogP contribution in [0.25, 0.3) is 0 Å². The van der Waals surface area contributed by atoms with Crippen LogP contribution in [0.2, 0.25) is 0 Å². The van der Waals surface area contributed by atoms with E-state index in [1.54, 1.807) is 12.1 Å². The maximum atomic E-state index is 11.6. The van der Waals surface area contributed by atoms with Gasteiger partial charge in [-0.3, -0.25) is 25.4 Å². The SMILES string of the molecule is CO[N+]([O-])=C1C=C([N+](=O)[O-])C2(Oc3ccccc3O2)C([N+](=O)[O-])=C1. The van der Waals surface area contributed by atoms with E-state index in [1.165, 1.54) is 12.1 Å². The molecule has 11 nitrogen and oxygen atoms in total. The van der Waals surface area contributed by atoms with Crippen LogP contribution in [-0.2, 0) is 4.84 Å². The number of ether oxygens (including phenoxy) is 2. The Labute approximate surface area is 133 Å². The Bertz CT molecular complexity index is 780. The van der Waals surface area contributed by atoms with Crippen molar-refractivity contribution in [3.8, 4) is 11.5 Å². The van der Waals surface area contributed by atoms with Gasteiger partial charge in [-0.2, -0.15) is 0 Å². The molecule has 1 aromatic carbocycles. The van der Waals surface area contributed by atoms with Gasteiger partial charge in [0.25, 0.3) is 5.71 Å². The first-order valence-corrected chi connectivity index (χ1v) is 6.47. The average molecular weight is 335 g/mol. The van der Waals surface area contributed by atoms with E-state index in [1.807, 2.05) is 0 Å². The molecule has 1 aliphatic heterocycles. The highest BCUT2D eigenvalue weighted by atomic mass is 16.9. The molecule has 1 aromatic rings. The van der Waals surface area contributed by atoms with Gasteiger partial charge in [-0.05, 0) is 12.1 Å². The van der Waals surface area contributed by atoms with Crippen LogP contribution in [0.5, 0.6) is 11.5 Å². The van der Waals surface area contributed by atoms with Gasteiger partial charge in [-0.15, -0.1) is 0 Å². The second-order valence-corrected chi connectivity index (χ2v) is 4.71. The van der Waals surface area contributed by atoms with Crippen molar-refractivity contribution in [1.29, 1.82) is 0 Å². The van der Waals surface area contributed by atoms with E-state index in [0.29, 0.717) is 0 Å². The maximum Gasteiger partial charge on any atom is 0.439 e. The number of fused-ring (bicyclic) bond motifs is 1. The molecule has 0 saturated carbocycles. The van der Waals surface area contributed by atoms with Gasteiger partial charge < -0.3 is 14.3 Å². The predicted molar refractivity (Wildman–Crippen MR) is 76.2 cm³/mol. The Balaban J connectivity index is 2.23. The Morgan fingerprint density at radius 2 is 1.42 bits per heavy atom. The molecule has 0 radical (unpaired) electrons. The van der Waals surface area contributed by atoms with Crippen LogP contribution in [-0.4, -0.2) is 33.4 Å².